The predicted octanol–water partition coefficient (Wildman–Crippen LogP) is 1.80. The Kier molecular flexibility index (Phi) is 3.94. The van der Waals surface area contributed by atoms with E-state index in [0.717, 1.165) is 36.4 Å². The first-order chi connectivity index (χ1) is 9.69. The van der Waals surface area contributed by atoms with Crippen LogP contribution in [0.5, 0.6) is 0 Å². The highest BCUT2D eigenvalue weighted by Crippen LogP contribution is 2.32. The van der Waals surface area contributed by atoms with E-state index >= 15 is 0 Å². The van der Waals surface area contributed by atoms with E-state index in [1.54, 1.807) is 6.20 Å². The number of aromatic nitrogens is 1. The molecular formula is C16H25N3O. The van der Waals surface area contributed by atoms with E-state index in [1.165, 1.54) is 31.4 Å². The molecule has 110 valence electrons. The summed E-state index contributed by atoms with van der Waals surface area (Å²) in [7, 11) is 2.27. The standard InChI is InChI=1S/C16H25N3O/c1-12-8-13(11-20)9-17-16(12)19-7-5-15-14(10-19)4-3-6-18(15)2/h8-9,14-15,20H,3-7,10-11H2,1-2H3. The van der Waals surface area contributed by atoms with Crippen molar-refractivity contribution < 1.29 is 5.11 Å². The number of likely N-dealkylation sites (tertiary alicyclic amines) is 1. The van der Waals surface area contributed by atoms with Crippen molar-refractivity contribution in [1.29, 1.82) is 0 Å². The first-order valence-corrected chi connectivity index (χ1v) is 7.70. The highest BCUT2D eigenvalue weighted by Gasteiger charge is 2.34. The van der Waals surface area contributed by atoms with Gasteiger partial charge in [-0.3, -0.25) is 0 Å². The Morgan fingerprint density at radius 2 is 2.20 bits per heavy atom. The molecule has 0 saturated carbocycles. The fraction of sp³-hybridized carbons (Fsp3) is 0.688. The Morgan fingerprint density at radius 3 is 2.95 bits per heavy atom. The van der Waals surface area contributed by atoms with Crippen LogP contribution in [0.1, 0.15) is 30.4 Å². The summed E-state index contributed by atoms with van der Waals surface area (Å²) in [6, 6.07) is 2.82. The van der Waals surface area contributed by atoms with Crippen LogP contribution in [0.15, 0.2) is 12.3 Å². The molecule has 3 heterocycles. The summed E-state index contributed by atoms with van der Waals surface area (Å²) in [5, 5.41) is 9.19. The highest BCUT2D eigenvalue weighted by atomic mass is 16.3. The van der Waals surface area contributed by atoms with E-state index < -0.39 is 0 Å². The third-order valence-corrected chi connectivity index (χ3v) is 4.94. The fourth-order valence-electron chi connectivity index (χ4n) is 3.89. The molecule has 2 aliphatic heterocycles. The zero-order valence-corrected chi connectivity index (χ0v) is 12.5. The molecule has 4 heteroatoms. The first-order valence-electron chi connectivity index (χ1n) is 7.70. The molecule has 0 bridgehead atoms. The van der Waals surface area contributed by atoms with Crippen LogP contribution >= 0.6 is 0 Å². The summed E-state index contributed by atoms with van der Waals surface area (Å²) < 4.78 is 0. The lowest BCUT2D eigenvalue weighted by molar-refractivity contribution is 0.102. The number of pyridine rings is 1. The summed E-state index contributed by atoms with van der Waals surface area (Å²) in [6.07, 6.45) is 5.71. The molecule has 4 nitrogen and oxygen atoms in total. The van der Waals surface area contributed by atoms with Crippen molar-refractivity contribution in [3.63, 3.8) is 0 Å². The SMILES string of the molecule is Cc1cc(CO)cnc1N1CCC2C(CCCN2C)C1. The zero-order valence-electron chi connectivity index (χ0n) is 12.5. The van der Waals surface area contributed by atoms with E-state index in [0.29, 0.717) is 0 Å². The van der Waals surface area contributed by atoms with Crippen molar-refractivity contribution in [2.45, 2.75) is 38.8 Å². The number of rotatable bonds is 2. The van der Waals surface area contributed by atoms with Crippen molar-refractivity contribution >= 4 is 5.82 Å². The smallest absolute Gasteiger partial charge is 0.131 e. The minimum Gasteiger partial charge on any atom is -0.392 e. The molecule has 0 spiro atoms. The van der Waals surface area contributed by atoms with Crippen LogP contribution in [0.3, 0.4) is 0 Å². The van der Waals surface area contributed by atoms with E-state index in [-0.39, 0.29) is 6.61 Å². The van der Waals surface area contributed by atoms with Crippen molar-refractivity contribution in [3.05, 3.63) is 23.4 Å². The number of hydrogen-bond donors (Lipinski definition) is 1. The number of fused-ring (bicyclic) bond motifs is 1. The Balaban J connectivity index is 1.76. The third kappa shape index (κ3) is 2.54. The van der Waals surface area contributed by atoms with Gasteiger partial charge in [0.15, 0.2) is 0 Å². The average molecular weight is 275 g/mol. The van der Waals surface area contributed by atoms with Gasteiger partial charge in [0.2, 0.25) is 0 Å². The summed E-state index contributed by atoms with van der Waals surface area (Å²) in [6.45, 7) is 5.65. The van der Waals surface area contributed by atoms with Crippen LogP contribution in [0.25, 0.3) is 0 Å². The number of nitrogens with zero attached hydrogens (tertiary/aromatic N) is 3. The summed E-state index contributed by atoms with van der Waals surface area (Å²) in [4.78, 5) is 9.57. The van der Waals surface area contributed by atoms with Crippen molar-refractivity contribution in [3.8, 4) is 0 Å². The van der Waals surface area contributed by atoms with Gasteiger partial charge in [0.05, 0.1) is 6.61 Å². The van der Waals surface area contributed by atoms with Crippen LogP contribution in [-0.4, -0.2) is 47.7 Å². The summed E-state index contributed by atoms with van der Waals surface area (Å²) >= 11 is 0. The Hall–Kier alpha value is -1.13. The maximum atomic E-state index is 9.19. The maximum absolute atomic E-state index is 9.19. The fourth-order valence-corrected chi connectivity index (χ4v) is 3.89. The minimum absolute atomic E-state index is 0.0730. The highest BCUT2D eigenvalue weighted by molar-refractivity contribution is 5.48. The van der Waals surface area contributed by atoms with E-state index in [2.05, 4.69) is 34.8 Å². The monoisotopic (exact) mass is 275 g/mol. The normalized spacial score (nSPS) is 27.4. The Labute approximate surface area is 121 Å². The molecule has 20 heavy (non-hydrogen) atoms. The van der Waals surface area contributed by atoms with Gasteiger partial charge in [-0.2, -0.15) is 0 Å². The van der Waals surface area contributed by atoms with Gasteiger partial charge in [-0.25, -0.2) is 4.98 Å². The number of piperidine rings is 2. The van der Waals surface area contributed by atoms with Crippen molar-refractivity contribution in [1.82, 2.24) is 9.88 Å². The van der Waals surface area contributed by atoms with Crippen LogP contribution in [0.2, 0.25) is 0 Å². The van der Waals surface area contributed by atoms with Gasteiger partial charge in [-0.05, 0) is 62.9 Å². The molecule has 2 unspecified atom stereocenters. The maximum Gasteiger partial charge on any atom is 0.131 e. The molecule has 2 fully saturated rings. The lowest BCUT2D eigenvalue weighted by Gasteiger charge is -2.46. The third-order valence-electron chi connectivity index (χ3n) is 4.94. The number of hydrogen-bond acceptors (Lipinski definition) is 4. The Bertz CT molecular complexity index is 477. The zero-order chi connectivity index (χ0) is 14.1. The molecule has 0 aromatic carbocycles. The molecule has 0 aliphatic carbocycles. The van der Waals surface area contributed by atoms with E-state index in [9.17, 15) is 5.11 Å². The van der Waals surface area contributed by atoms with Crippen molar-refractivity contribution in [2.75, 3.05) is 31.6 Å². The molecule has 0 amide bonds. The Morgan fingerprint density at radius 1 is 1.35 bits per heavy atom. The molecule has 3 rings (SSSR count). The molecule has 2 saturated heterocycles. The molecule has 1 aromatic heterocycles. The van der Waals surface area contributed by atoms with Gasteiger partial charge >= 0.3 is 0 Å². The second-order valence-electron chi connectivity index (χ2n) is 6.33. The molecule has 1 aromatic rings. The van der Waals surface area contributed by atoms with Crippen LogP contribution in [-0.2, 0) is 6.61 Å². The molecule has 1 N–H and O–H groups in total. The molecule has 2 atom stereocenters. The summed E-state index contributed by atoms with van der Waals surface area (Å²) in [5.74, 6) is 1.88. The van der Waals surface area contributed by atoms with Crippen LogP contribution < -0.4 is 4.90 Å². The van der Waals surface area contributed by atoms with E-state index in [4.69, 9.17) is 0 Å². The van der Waals surface area contributed by atoms with Crippen LogP contribution in [0, 0.1) is 12.8 Å². The molecule has 2 aliphatic rings. The number of aliphatic hydroxyl groups is 1. The largest absolute Gasteiger partial charge is 0.392 e. The minimum atomic E-state index is 0.0730. The van der Waals surface area contributed by atoms with Gasteiger partial charge in [0.1, 0.15) is 5.82 Å². The second-order valence-corrected chi connectivity index (χ2v) is 6.33. The lowest BCUT2D eigenvalue weighted by atomic mass is 9.84. The molecular weight excluding hydrogens is 250 g/mol. The molecule has 0 radical (unpaired) electrons. The first kappa shape index (κ1) is 13.8. The quantitative estimate of drug-likeness (QED) is 0.893. The topological polar surface area (TPSA) is 39.6 Å². The second kappa shape index (κ2) is 5.70. The van der Waals surface area contributed by atoms with Crippen molar-refractivity contribution in [2.24, 2.45) is 5.92 Å². The summed E-state index contributed by atoms with van der Waals surface area (Å²) in [5.41, 5.74) is 2.08. The van der Waals surface area contributed by atoms with Crippen LogP contribution in [0.4, 0.5) is 5.82 Å². The van der Waals surface area contributed by atoms with E-state index in [1.807, 2.05) is 0 Å². The lowest BCUT2D eigenvalue weighted by Crippen LogP contribution is -2.53. The van der Waals surface area contributed by atoms with Gasteiger partial charge in [-0.1, -0.05) is 0 Å². The average Bonchev–Trinajstić information content (AvgIpc) is 2.47. The van der Waals surface area contributed by atoms with Gasteiger partial charge in [-0.15, -0.1) is 0 Å². The van der Waals surface area contributed by atoms with Gasteiger partial charge < -0.3 is 14.9 Å². The number of aryl methyl sites for hydroxylation is 1. The number of anilines is 1. The van der Waals surface area contributed by atoms with Gasteiger partial charge in [0, 0.05) is 25.3 Å². The predicted molar refractivity (Wildman–Crippen MR) is 80.9 cm³/mol. The number of aliphatic hydroxyl groups excluding tert-OH is 1. The van der Waals surface area contributed by atoms with Gasteiger partial charge in [0.25, 0.3) is 0 Å².